The van der Waals surface area contributed by atoms with Crippen LogP contribution in [0.1, 0.15) is 16.2 Å². The molecule has 0 spiro atoms. The van der Waals surface area contributed by atoms with Crippen molar-refractivity contribution in [1.29, 1.82) is 0 Å². The van der Waals surface area contributed by atoms with Crippen LogP contribution in [0.15, 0.2) is 29.0 Å². The highest BCUT2D eigenvalue weighted by atomic mass is 79.9. The fourth-order valence-corrected chi connectivity index (χ4v) is 2.42. The Hall–Kier alpha value is -2.15. The summed E-state index contributed by atoms with van der Waals surface area (Å²) in [5.41, 5.74) is 2.81. The topological polar surface area (TPSA) is 75.6 Å². The quantitative estimate of drug-likeness (QED) is 0.756. The zero-order valence-electron chi connectivity index (χ0n) is 10.9. The van der Waals surface area contributed by atoms with Crippen LogP contribution < -0.4 is 5.32 Å². The number of aromatic nitrogens is 4. The van der Waals surface area contributed by atoms with Gasteiger partial charge in [0, 0.05) is 23.1 Å². The lowest BCUT2D eigenvalue weighted by Gasteiger charge is -2.03. The number of fused-ring (bicyclic) bond motifs is 1. The van der Waals surface area contributed by atoms with Gasteiger partial charge in [-0.3, -0.25) is 9.48 Å². The molecule has 3 rings (SSSR count). The highest BCUT2D eigenvalue weighted by molar-refractivity contribution is 9.10. The lowest BCUT2D eigenvalue weighted by molar-refractivity contribution is 0.102. The molecular formula is C13H12BrN5O. The lowest BCUT2D eigenvalue weighted by atomic mass is 10.2. The number of nitrogens with zero attached hydrogens (tertiary/aromatic N) is 3. The molecule has 3 aromatic rings. The summed E-state index contributed by atoms with van der Waals surface area (Å²) in [5, 5.41) is 8.04. The van der Waals surface area contributed by atoms with E-state index in [1.165, 1.54) is 0 Å². The van der Waals surface area contributed by atoms with Crippen molar-refractivity contribution in [2.45, 2.75) is 6.92 Å². The summed E-state index contributed by atoms with van der Waals surface area (Å²) in [7, 11) is 1.84. The second kappa shape index (κ2) is 4.75. The largest absolute Gasteiger partial charge is 0.356 e. The average Bonchev–Trinajstić information content (AvgIpc) is 2.95. The van der Waals surface area contributed by atoms with Crippen LogP contribution in [-0.4, -0.2) is 25.7 Å². The summed E-state index contributed by atoms with van der Waals surface area (Å²) < 4.78 is 2.55. The SMILES string of the molecule is Cc1nn(C)c2ncc(NC(=O)c3cc(Br)c[nH]3)cc12. The highest BCUT2D eigenvalue weighted by Crippen LogP contribution is 2.20. The Morgan fingerprint density at radius 1 is 1.45 bits per heavy atom. The molecule has 3 aromatic heterocycles. The molecule has 3 heterocycles. The molecular weight excluding hydrogens is 322 g/mol. The number of rotatable bonds is 2. The normalized spacial score (nSPS) is 10.9. The molecule has 1 amide bonds. The van der Waals surface area contributed by atoms with E-state index in [2.05, 4.69) is 36.3 Å². The Bertz CT molecular complexity index is 804. The maximum atomic E-state index is 12.0. The molecule has 0 aliphatic carbocycles. The van der Waals surface area contributed by atoms with E-state index < -0.39 is 0 Å². The maximum absolute atomic E-state index is 12.0. The third-order valence-corrected chi connectivity index (χ3v) is 3.47. The third-order valence-electron chi connectivity index (χ3n) is 3.01. The Morgan fingerprint density at radius 2 is 2.25 bits per heavy atom. The molecule has 0 bridgehead atoms. The number of nitrogens with one attached hydrogen (secondary N) is 2. The number of amides is 1. The third kappa shape index (κ3) is 2.20. The zero-order chi connectivity index (χ0) is 14.3. The Balaban J connectivity index is 1.91. The van der Waals surface area contributed by atoms with Crippen LogP contribution in [0.25, 0.3) is 11.0 Å². The van der Waals surface area contributed by atoms with Gasteiger partial charge in [-0.15, -0.1) is 0 Å². The second-order valence-corrected chi connectivity index (χ2v) is 5.41. The fraction of sp³-hybridized carbons (Fsp3) is 0.154. The van der Waals surface area contributed by atoms with Crippen molar-refractivity contribution in [3.05, 3.63) is 40.4 Å². The molecule has 0 aromatic carbocycles. The van der Waals surface area contributed by atoms with Gasteiger partial charge in [0.25, 0.3) is 5.91 Å². The van der Waals surface area contributed by atoms with Gasteiger partial charge in [-0.2, -0.15) is 5.10 Å². The molecule has 0 atom stereocenters. The van der Waals surface area contributed by atoms with Crippen molar-refractivity contribution < 1.29 is 4.79 Å². The minimum atomic E-state index is -0.210. The molecule has 0 aliphatic rings. The summed E-state index contributed by atoms with van der Waals surface area (Å²) in [6.45, 7) is 1.91. The summed E-state index contributed by atoms with van der Waals surface area (Å²) >= 11 is 3.30. The van der Waals surface area contributed by atoms with Crippen LogP contribution in [-0.2, 0) is 7.05 Å². The Morgan fingerprint density at radius 3 is 2.95 bits per heavy atom. The van der Waals surface area contributed by atoms with Gasteiger partial charge in [0.2, 0.25) is 0 Å². The molecule has 102 valence electrons. The number of aromatic amines is 1. The van der Waals surface area contributed by atoms with E-state index in [1.54, 1.807) is 23.1 Å². The smallest absolute Gasteiger partial charge is 0.272 e. The number of carbonyl (C=O) groups is 1. The van der Waals surface area contributed by atoms with Crippen molar-refractivity contribution in [1.82, 2.24) is 19.7 Å². The first-order chi connectivity index (χ1) is 9.54. The first-order valence-electron chi connectivity index (χ1n) is 5.99. The van der Waals surface area contributed by atoms with Crippen molar-refractivity contribution in [3.63, 3.8) is 0 Å². The molecule has 6 nitrogen and oxygen atoms in total. The van der Waals surface area contributed by atoms with Crippen LogP contribution in [0, 0.1) is 6.92 Å². The maximum Gasteiger partial charge on any atom is 0.272 e. The zero-order valence-corrected chi connectivity index (χ0v) is 12.5. The second-order valence-electron chi connectivity index (χ2n) is 4.49. The van der Waals surface area contributed by atoms with Crippen LogP contribution in [0.4, 0.5) is 5.69 Å². The predicted molar refractivity (Wildman–Crippen MR) is 79.7 cm³/mol. The van der Waals surface area contributed by atoms with Gasteiger partial charge >= 0.3 is 0 Å². The van der Waals surface area contributed by atoms with Crippen LogP contribution >= 0.6 is 15.9 Å². The number of hydrogen-bond donors (Lipinski definition) is 2. The van der Waals surface area contributed by atoms with Gasteiger partial charge < -0.3 is 10.3 Å². The van der Waals surface area contributed by atoms with Gasteiger partial charge in [-0.05, 0) is 35.0 Å². The molecule has 0 saturated heterocycles. The van der Waals surface area contributed by atoms with Crippen molar-refractivity contribution in [3.8, 4) is 0 Å². The first-order valence-corrected chi connectivity index (χ1v) is 6.78. The molecule has 0 unspecified atom stereocenters. The van der Waals surface area contributed by atoms with E-state index in [4.69, 9.17) is 0 Å². The Labute approximate surface area is 123 Å². The monoisotopic (exact) mass is 333 g/mol. The molecule has 20 heavy (non-hydrogen) atoms. The number of aryl methyl sites for hydroxylation is 2. The van der Waals surface area contributed by atoms with E-state index in [1.807, 2.05) is 20.0 Å². The molecule has 2 N–H and O–H groups in total. The number of hydrogen-bond acceptors (Lipinski definition) is 3. The minimum Gasteiger partial charge on any atom is -0.356 e. The van der Waals surface area contributed by atoms with Crippen LogP contribution in [0.2, 0.25) is 0 Å². The van der Waals surface area contributed by atoms with Gasteiger partial charge in [0.05, 0.1) is 17.6 Å². The molecule has 0 radical (unpaired) electrons. The standard InChI is InChI=1S/C13H12BrN5O/c1-7-10-4-9(6-16-12(10)19(2)18-7)17-13(20)11-3-8(14)5-15-11/h3-6,15H,1-2H3,(H,17,20). The van der Waals surface area contributed by atoms with Crippen molar-refractivity contribution >= 4 is 38.6 Å². The first kappa shape index (κ1) is 12.9. The van der Waals surface area contributed by atoms with Crippen molar-refractivity contribution in [2.24, 2.45) is 7.05 Å². The fourth-order valence-electron chi connectivity index (χ4n) is 2.07. The number of pyridine rings is 1. The van der Waals surface area contributed by atoms with Crippen LogP contribution in [0.3, 0.4) is 0 Å². The van der Waals surface area contributed by atoms with Gasteiger partial charge in [-0.25, -0.2) is 4.98 Å². The minimum absolute atomic E-state index is 0.210. The number of carbonyl (C=O) groups excluding carboxylic acids is 1. The number of halogens is 1. The van der Waals surface area contributed by atoms with E-state index in [0.29, 0.717) is 11.4 Å². The predicted octanol–water partition coefficient (Wildman–Crippen LogP) is 2.62. The average molecular weight is 334 g/mol. The van der Waals surface area contributed by atoms with E-state index >= 15 is 0 Å². The van der Waals surface area contributed by atoms with Crippen LogP contribution in [0.5, 0.6) is 0 Å². The lowest BCUT2D eigenvalue weighted by Crippen LogP contribution is -2.12. The summed E-state index contributed by atoms with van der Waals surface area (Å²) in [6, 6.07) is 3.59. The van der Waals surface area contributed by atoms with E-state index in [0.717, 1.165) is 21.2 Å². The molecule has 0 saturated carbocycles. The van der Waals surface area contributed by atoms with Crippen molar-refractivity contribution in [2.75, 3.05) is 5.32 Å². The summed E-state index contributed by atoms with van der Waals surface area (Å²) in [4.78, 5) is 19.2. The highest BCUT2D eigenvalue weighted by Gasteiger charge is 2.11. The number of anilines is 1. The molecule has 7 heteroatoms. The summed E-state index contributed by atoms with van der Waals surface area (Å²) in [6.07, 6.45) is 3.33. The van der Waals surface area contributed by atoms with E-state index in [9.17, 15) is 4.79 Å². The Kier molecular flexibility index (Phi) is 3.06. The van der Waals surface area contributed by atoms with Gasteiger partial charge in [0.1, 0.15) is 5.69 Å². The molecule has 0 aliphatic heterocycles. The van der Waals surface area contributed by atoms with E-state index in [-0.39, 0.29) is 5.91 Å². The van der Waals surface area contributed by atoms with Gasteiger partial charge in [0.15, 0.2) is 5.65 Å². The van der Waals surface area contributed by atoms with Gasteiger partial charge in [-0.1, -0.05) is 0 Å². The summed E-state index contributed by atoms with van der Waals surface area (Å²) in [5.74, 6) is -0.210. The number of H-pyrrole nitrogens is 1. The molecule has 0 fully saturated rings.